The van der Waals surface area contributed by atoms with E-state index in [9.17, 15) is 0 Å². The van der Waals surface area contributed by atoms with E-state index in [1.807, 2.05) is 19.9 Å². The second-order valence-corrected chi connectivity index (χ2v) is 2.99. The van der Waals surface area contributed by atoms with Gasteiger partial charge in [0.25, 0.3) is 0 Å². The smallest absolute Gasteiger partial charge is 0.0230 e. The lowest BCUT2D eigenvalue weighted by atomic mass is 10.0. The van der Waals surface area contributed by atoms with E-state index >= 15 is 0 Å². The van der Waals surface area contributed by atoms with E-state index in [1.165, 1.54) is 32.1 Å². The van der Waals surface area contributed by atoms with Gasteiger partial charge in [0.2, 0.25) is 0 Å². The van der Waals surface area contributed by atoms with Crippen LogP contribution in [0.2, 0.25) is 0 Å². The average molecular weight is 166 g/mol. The first-order chi connectivity index (χ1) is 5.93. The maximum Gasteiger partial charge on any atom is -0.0230 e. The van der Waals surface area contributed by atoms with Crippen molar-refractivity contribution in [3.05, 3.63) is 24.8 Å². The van der Waals surface area contributed by atoms with Crippen molar-refractivity contribution in [1.29, 1.82) is 0 Å². The van der Waals surface area contributed by atoms with Crippen LogP contribution in [0.4, 0.5) is 0 Å². The molecule has 0 aromatic heterocycles. The lowest BCUT2D eigenvalue weighted by Gasteiger charge is -2.03. The Morgan fingerprint density at radius 1 is 1.50 bits per heavy atom. The van der Waals surface area contributed by atoms with Crippen molar-refractivity contribution in [2.75, 3.05) is 0 Å². The zero-order valence-corrected chi connectivity index (χ0v) is 8.55. The summed E-state index contributed by atoms with van der Waals surface area (Å²) in [6.45, 7) is 7.71. The minimum atomic E-state index is 0.889. The monoisotopic (exact) mass is 166 g/mol. The first-order valence-electron chi connectivity index (χ1n) is 5.21. The first kappa shape index (κ1) is 11.5. The highest BCUT2D eigenvalue weighted by Crippen LogP contribution is 2.22. The number of unbranched alkanes of at least 4 members (excludes halogenated alkanes) is 1. The molecule has 0 amide bonds. The number of hydrogen-bond donors (Lipinski definition) is 0. The van der Waals surface area contributed by atoms with Crippen LogP contribution in [0.5, 0.6) is 0 Å². The molecular weight excluding hydrogens is 144 g/mol. The highest BCUT2D eigenvalue weighted by Gasteiger charge is 2.06. The summed E-state index contributed by atoms with van der Waals surface area (Å²) < 4.78 is 0. The van der Waals surface area contributed by atoms with Crippen LogP contribution in [0.15, 0.2) is 24.8 Å². The molecule has 0 aromatic carbocycles. The molecular formula is C12H22. The molecule has 1 atom stereocenters. The van der Waals surface area contributed by atoms with Crippen LogP contribution in [-0.4, -0.2) is 0 Å². The van der Waals surface area contributed by atoms with Gasteiger partial charge in [-0.3, -0.25) is 0 Å². The fourth-order valence-corrected chi connectivity index (χ4v) is 1.46. The van der Waals surface area contributed by atoms with Crippen LogP contribution in [0, 0.1) is 5.92 Å². The van der Waals surface area contributed by atoms with Crippen LogP contribution >= 0.6 is 0 Å². The predicted molar refractivity (Wildman–Crippen MR) is 57.3 cm³/mol. The maximum absolute atomic E-state index is 3.71. The van der Waals surface area contributed by atoms with E-state index in [0.29, 0.717) is 0 Å². The fourth-order valence-electron chi connectivity index (χ4n) is 1.46. The van der Waals surface area contributed by atoms with Crippen molar-refractivity contribution in [2.45, 2.75) is 46.0 Å². The molecule has 0 radical (unpaired) electrons. The molecule has 70 valence electrons. The standard InChI is InChI=1S/C10H16.C2H6/c1-2-3-4-7-10-8-5-6-9-10;1-2/h2,5,8,10H,1,3-4,6-7,9H2;1-2H3. The third kappa shape index (κ3) is 5.17. The molecule has 0 spiro atoms. The summed E-state index contributed by atoms with van der Waals surface area (Å²) in [5.74, 6) is 0.889. The molecule has 0 saturated carbocycles. The molecule has 12 heavy (non-hydrogen) atoms. The Labute approximate surface area is 77.4 Å². The van der Waals surface area contributed by atoms with Gasteiger partial charge in [0.1, 0.15) is 0 Å². The summed E-state index contributed by atoms with van der Waals surface area (Å²) in [6.07, 6.45) is 13.2. The fraction of sp³-hybridized carbons (Fsp3) is 0.667. The van der Waals surface area contributed by atoms with Crippen LogP contribution in [0.3, 0.4) is 0 Å². The summed E-state index contributed by atoms with van der Waals surface area (Å²) in [5, 5.41) is 0. The van der Waals surface area contributed by atoms with E-state index in [-0.39, 0.29) is 0 Å². The lowest BCUT2D eigenvalue weighted by Crippen LogP contribution is -1.90. The number of allylic oxidation sites excluding steroid dienone is 3. The summed E-state index contributed by atoms with van der Waals surface area (Å²) in [6, 6.07) is 0. The molecule has 0 heterocycles. The van der Waals surface area contributed by atoms with Gasteiger partial charge in [0, 0.05) is 0 Å². The van der Waals surface area contributed by atoms with E-state index in [2.05, 4.69) is 18.7 Å². The Hall–Kier alpha value is -0.520. The van der Waals surface area contributed by atoms with Gasteiger partial charge in [-0.1, -0.05) is 32.1 Å². The van der Waals surface area contributed by atoms with Gasteiger partial charge in [-0.2, -0.15) is 0 Å². The third-order valence-corrected chi connectivity index (χ3v) is 2.10. The average Bonchev–Trinajstić information content (AvgIpc) is 2.61. The Balaban J connectivity index is 0.000000561. The van der Waals surface area contributed by atoms with Gasteiger partial charge >= 0.3 is 0 Å². The van der Waals surface area contributed by atoms with Crippen molar-refractivity contribution in [2.24, 2.45) is 5.92 Å². The molecule has 1 aliphatic carbocycles. The van der Waals surface area contributed by atoms with E-state index in [1.54, 1.807) is 0 Å². The van der Waals surface area contributed by atoms with Gasteiger partial charge in [-0.15, -0.1) is 6.58 Å². The van der Waals surface area contributed by atoms with Crippen molar-refractivity contribution in [3.63, 3.8) is 0 Å². The molecule has 0 bridgehead atoms. The van der Waals surface area contributed by atoms with Gasteiger partial charge in [-0.05, 0) is 38.0 Å². The summed E-state index contributed by atoms with van der Waals surface area (Å²) in [4.78, 5) is 0. The summed E-state index contributed by atoms with van der Waals surface area (Å²) >= 11 is 0. The molecule has 1 rings (SSSR count). The molecule has 1 unspecified atom stereocenters. The third-order valence-electron chi connectivity index (χ3n) is 2.10. The van der Waals surface area contributed by atoms with Crippen LogP contribution < -0.4 is 0 Å². The second kappa shape index (κ2) is 8.58. The SMILES string of the molecule is C=CCCCC1C=CCC1.CC. The summed E-state index contributed by atoms with van der Waals surface area (Å²) in [7, 11) is 0. The zero-order valence-electron chi connectivity index (χ0n) is 8.55. The zero-order chi connectivity index (χ0) is 9.23. The quantitative estimate of drug-likeness (QED) is 0.430. The molecule has 0 aromatic rings. The Kier molecular flexibility index (Phi) is 8.20. The Morgan fingerprint density at radius 3 is 2.75 bits per heavy atom. The molecule has 0 saturated heterocycles. The highest BCUT2D eigenvalue weighted by atomic mass is 14.1. The first-order valence-corrected chi connectivity index (χ1v) is 5.21. The molecule has 0 heteroatoms. The van der Waals surface area contributed by atoms with Crippen molar-refractivity contribution in [3.8, 4) is 0 Å². The largest absolute Gasteiger partial charge is 0.103 e. The molecule has 0 aliphatic heterocycles. The van der Waals surface area contributed by atoms with Crippen molar-refractivity contribution >= 4 is 0 Å². The van der Waals surface area contributed by atoms with E-state index in [0.717, 1.165) is 5.92 Å². The Morgan fingerprint density at radius 2 is 2.25 bits per heavy atom. The van der Waals surface area contributed by atoms with Crippen molar-refractivity contribution in [1.82, 2.24) is 0 Å². The van der Waals surface area contributed by atoms with Crippen LogP contribution in [0.1, 0.15) is 46.0 Å². The van der Waals surface area contributed by atoms with E-state index in [4.69, 9.17) is 0 Å². The number of hydrogen-bond acceptors (Lipinski definition) is 0. The minimum absolute atomic E-state index is 0.889. The number of rotatable bonds is 4. The van der Waals surface area contributed by atoms with Gasteiger partial charge in [0.05, 0.1) is 0 Å². The molecule has 0 fully saturated rings. The minimum Gasteiger partial charge on any atom is -0.103 e. The van der Waals surface area contributed by atoms with Gasteiger partial charge < -0.3 is 0 Å². The predicted octanol–water partition coefficient (Wildman–Crippen LogP) is 4.34. The van der Waals surface area contributed by atoms with Crippen LogP contribution in [0.25, 0.3) is 0 Å². The lowest BCUT2D eigenvalue weighted by molar-refractivity contribution is 0.555. The van der Waals surface area contributed by atoms with Crippen molar-refractivity contribution < 1.29 is 0 Å². The highest BCUT2D eigenvalue weighted by molar-refractivity contribution is 4.95. The van der Waals surface area contributed by atoms with Gasteiger partial charge in [0.15, 0.2) is 0 Å². The second-order valence-electron chi connectivity index (χ2n) is 2.99. The topological polar surface area (TPSA) is 0 Å². The Bertz CT molecular complexity index is 122. The summed E-state index contributed by atoms with van der Waals surface area (Å²) in [5.41, 5.74) is 0. The molecule has 0 N–H and O–H groups in total. The molecule has 0 nitrogen and oxygen atoms in total. The van der Waals surface area contributed by atoms with E-state index < -0.39 is 0 Å². The normalized spacial score (nSPS) is 20.0. The van der Waals surface area contributed by atoms with Crippen LogP contribution in [-0.2, 0) is 0 Å². The maximum atomic E-state index is 3.71. The molecule has 1 aliphatic rings. The van der Waals surface area contributed by atoms with Gasteiger partial charge in [-0.25, -0.2) is 0 Å².